The van der Waals surface area contributed by atoms with Crippen molar-refractivity contribution >= 4 is 11.4 Å². The maximum Gasteiger partial charge on any atom is 0.0656 e. The highest BCUT2D eigenvalue weighted by Crippen LogP contribution is 2.27. The van der Waals surface area contributed by atoms with Crippen molar-refractivity contribution in [2.75, 3.05) is 0 Å². The molecule has 0 aliphatic carbocycles. The molecule has 2 aromatic carbocycles. The molecule has 1 aliphatic rings. The Morgan fingerprint density at radius 1 is 0.882 bits per heavy atom. The van der Waals surface area contributed by atoms with Crippen molar-refractivity contribution in [2.45, 2.75) is 6.54 Å². The van der Waals surface area contributed by atoms with Crippen LogP contribution in [0.15, 0.2) is 54.6 Å². The Hall–Kier alpha value is -2.22. The van der Waals surface area contributed by atoms with Gasteiger partial charge in [-0.3, -0.25) is 0 Å². The van der Waals surface area contributed by atoms with Crippen LogP contribution in [0.2, 0.25) is 0 Å². The summed E-state index contributed by atoms with van der Waals surface area (Å²) in [6.07, 6.45) is 0. The topological polar surface area (TPSA) is 38.0 Å². The first kappa shape index (κ1) is 9.97. The number of nitrogens with two attached hydrogens (primary N) is 1. The maximum atomic E-state index is 6.24. The van der Waals surface area contributed by atoms with Gasteiger partial charge in [0.2, 0.25) is 0 Å². The zero-order valence-corrected chi connectivity index (χ0v) is 9.48. The molecule has 0 radical (unpaired) electrons. The zero-order chi connectivity index (χ0) is 11.7. The number of nitrogens with one attached hydrogen (secondary N) is 1. The lowest BCUT2D eigenvalue weighted by Gasteiger charge is -2.22. The highest BCUT2D eigenvalue weighted by molar-refractivity contribution is 5.90. The van der Waals surface area contributed by atoms with Crippen molar-refractivity contribution in [1.29, 1.82) is 0 Å². The van der Waals surface area contributed by atoms with Gasteiger partial charge in [-0.05, 0) is 11.1 Å². The third kappa shape index (κ3) is 1.68. The number of benzene rings is 2. The molecule has 0 spiro atoms. The van der Waals surface area contributed by atoms with E-state index in [0.717, 1.165) is 29.1 Å². The van der Waals surface area contributed by atoms with E-state index in [1.54, 1.807) is 0 Å². The van der Waals surface area contributed by atoms with Crippen LogP contribution in [0.25, 0.3) is 11.4 Å². The predicted octanol–water partition coefficient (Wildman–Crippen LogP) is 2.57. The molecule has 84 valence electrons. The van der Waals surface area contributed by atoms with E-state index in [1.807, 2.05) is 30.3 Å². The monoisotopic (exact) mass is 222 g/mol. The molecule has 0 saturated carbocycles. The highest BCUT2D eigenvalue weighted by Gasteiger charge is 2.16. The lowest BCUT2D eigenvalue weighted by molar-refractivity contribution is 0.870. The fourth-order valence-electron chi connectivity index (χ4n) is 2.21. The third-order valence-electron chi connectivity index (χ3n) is 3.09. The Balaban J connectivity index is 2.14. The summed E-state index contributed by atoms with van der Waals surface area (Å²) in [5, 5.41) is 3.40. The number of hydrogen-bond acceptors (Lipinski definition) is 2. The molecular formula is C15H14N2. The molecule has 17 heavy (non-hydrogen) atoms. The Labute approximate surface area is 101 Å². The molecule has 2 heteroatoms. The van der Waals surface area contributed by atoms with Gasteiger partial charge in [0.25, 0.3) is 0 Å². The van der Waals surface area contributed by atoms with Crippen LogP contribution in [0.4, 0.5) is 0 Å². The average molecular weight is 222 g/mol. The molecule has 2 aromatic rings. The van der Waals surface area contributed by atoms with E-state index in [1.165, 1.54) is 5.56 Å². The molecule has 3 rings (SSSR count). The predicted molar refractivity (Wildman–Crippen MR) is 70.7 cm³/mol. The number of fused-ring (bicyclic) bond motifs is 1. The molecule has 0 atom stereocenters. The Kier molecular flexibility index (Phi) is 2.33. The summed E-state index contributed by atoms with van der Waals surface area (Å²) in [4.78, 5) is 0. The van der Waals surface area contributed by atoms with Crippen molar-refractivity contribution in [1.82, 2.24) is 5.32 Å². The Bertz CT molecular complexity index is 570. The van der Waals surface area contributed by atoms with Gasteiger partial charge in [-0.1, -0.05) is 54.6 Å². The largest absolute Gasteiger partial charge is 0.397 e. The first-order valence-electron chi connectivity index (χ1n) is 5.73. The highest BCUT2D eigenvalue weighted by atomic mass is 14.9. The normalized spacial score (nSPS) is 14.1. The van der Waals surface area contributed by atoms with Gasteiger partial charge in [-0.15, -0.1) is 0 Å². The summed E-state index contributed by atoms with van der Waals surface area (Å²) in [5.41, 5.74) is 11.6. The summed E-state index contributed by atoms with van der Waals surface area (Å²) in [7, 11) is 0. The SMILES string of the molecule is NC1=C(c2ccccc2)NCc2ccccc21. The fourth-order valence-corrected chi connectivity index (χ4v) is 2.21. The molecule has 0 amide bonds. The maximum absolute atomic E-state index is 6.24. The van der Waals surface area contributed by atoms with Crippen molar-refractivity contribution < 1.29 is 0 Å². The zero-order valence-electron chi connectivity index (χ0n) is 9.48. The second-order valence-corrected chi connectivity index (χ2v) is 4.17. The van der Waals surface area contributed by atoms with E-state index < -0.39 is 0 Å². The first-order valence-corrected chi connectivity index (χ1v) is 5.73. The lowest BCUT2D eigenvalue weighted by atomic mass is 9.97. The number of rotatable bonds is 1. The molecule has 0 saturated heterocycles. The van der Waals surface area contributed by atoms with Gasteiger partial charge in [-0.2, -0.15) is 0 Å². The van der Waals surface area contributed by atoms with Crippen molar-refractivity contribution in [3.63, 3.8) is 0 Å². The Morgan fingerprint density at radius 2 is 1.59 bits per heavy atom. The lowest BCUT2D eigenvalue weighted by Crippen LogP contribution is -2.22. The molecule has 0 aromatic heterocycles. The van der Waals surface area contributed by atoms with E-state index in [0.29, 0.717) is 0 Å². The van der Waals surface area contributed by atoms with Gasteiger partial charge in [-0.25, -0.2) is 0 Å². The molecule has 0 fully saturated rings. The van der Waals surface area contributed by atoms with Crippen molar-refractivity contribution in [2.24, 2.45) is 5.73 Å². The van der Waals surface area contributed by atoms with Crippen molar-refractivity contribution in [3.8, 4) is 0 Å². The van der Waals surface area contributed by atoms with Gasteiger partial charge in [0.15, 0.2) is 0 Å². The minimum atomic E-state index is 0.832. The summed E-state index contributed by atoms with van der Waals surface area (Å²) in [6.45, 7) is 0.834. The van der Waals surface area contributed by atoms with Crippen LogP contribution in [0, 0.1) is 0 Å². The second kappa shape index (κ2) is 3.98. The Morgan fingerprint density at radius 3 is 2.41 bits per heavy atom. The van der Waals surface area contributed by atoms with Gasteiger partial charge >= 0.3 is 0 Å². The van der Waals surface area contributed by atoms with Crippen LogP contribution in [-0.4, -0.2) is 0 Å². The van der Waals surface area contributed by atoms with Crippen LogP contribution >= 0.6 is 0 Å². The van der Waals surface area contributed by atoms with Crippen LogP contribution in [0.5, 0.6) is 0 Å². The standard InChI is InChI=1S/C15H14N2/c16-14-13-9-5-4-8-12(13)10-17-15(14)11-6-2-1-3-7-11/h1-9,17H,10,16H2. The van der Waals surface area contributed by atoms with Crippen LogP contribution < -0.4 is 11.1 Å². The molecule has 3 N–H and O–H groups in total. The molecule has 1 heterocycles. The molecule has 0 bridgehead atoms. The van der Waals surface area contributed by atoms with Gasteiger partial charge in [0.1, 0.15) is 0 Å². The smallest absolute Gasteiger partial charge is 0.0656 e. The van der Waals surface area contributed by atoms with Crippen LogP contribution in [0.3, 0.4) is 0 Å². The van der Waals surface area contributed by atoms with Gasteiger partial charge < -0.3 is 11.1 Å². The second-order valence-electron chi connectivity index (χ2n) is 4.17. The quantitative estimate of drug-likeness (QED) is 0.778. The van der Waals surface area contributed by atoms with Crippen LogP contribution in [-0.2, 0) is 6.54 Å². The molecule has 2 nitrogen and oxygen atoms in total. The molecular weight excluding hydrogens is 208 g/mol. The number of hydrogen-bond donors (Lipinski definition) is 2. The van der Waals surface area contributed by atoms with Gasteiger partial charge in [0, 0.05) is 12.1 Å². The van der Waals surface area contributed by atoms with E-state index >= 15 is 0 Å². The molecule has 1 aliphatic heterocycles. The summed E-state index contributed by atoms with van der Waals surface area (Å²) >= 11 is 0. The van der Waals surface area contributed by atoms with E-state index in [-0.39, 0.29) is 0 Å². The summed E-state index contributed by atoms with van der Waals surface area (Å²) < 4.78 is 0. The third-order valence-corrected chi connectivity index (χ3v) is 3.09. The van der Waals surface area contributed by atoms with Gasteiger partial charge in [0.05, 0.1) is 11.4 Å². The molecule has 0 unspecified atom stereocenters. The van der Waals surface area contributed by atoms with E-state index in [9.17, 15) is 0 Å². The van der Waals surface area contributed by atoms with E-state index in [2.05, 4.69) is 29.6 Å². The fraction of sp³-hybridized carbons (Fsp3) is 0.0667. The minimum Gasteiger partial charge on any atom is -0.397 e. The first-order chi connectivity index (χ1) is 8.36. The van der Waals surface area contributed by atoms with E-state index in [4.69, 9.17) is 5.73 Å². The summed E-state index contributed by atoms with van der Waals surface area (Å²) in [6, 6.07) is 18.5. The summed E-state index contributed by atoms with van der Waals surface area (Å²) in [5.74, 6) is 0. The average Bonchev–Trinajstić information content (AvgIpc) is 2.40. The van der Waals surface area contributed by atoms with Crippen molar-refractivity contribution in [3.05, 3.63) is 71.3 Å². The van der Waals surface area contributed by atoms with Crippen LogP contribution in [0.1, 0.15) is 16.7 Å². The minimum absolute atomic E-state index is 0.832.